The van der Waals surface area contributed by atoms with Gasteiger partial charge in [0, 0.05) is 31.0 Å². The van der Waals surface area contributed by atoms with Crippen molar-refractivity contribution in [3.05, 3.63) is 69.6 Å². The highest BCUT2D eigenvalue weighted by molar-refractivity contribution is 5.93. The number of aromatic amines is 1. The van der Waals surface area contributed by atoms with Crippen molar-refractivity contribution < 1.29 is 4.79 Å². The Balaban J connectivity index is 1.73. The first kappa shape index (κ1) is 15.5. The average Bonchev–Trinajstić information content (AvgIpc) is 2.81. The molecular formula is C19H22N2O2. The summed E-state index contributed by atoms with van der Waals surface area (Å²) in [5.41, 5.74) is 2.16. The molecule has 1 aromatic carbocycles. The number of aryl methyl sites for hydroxylation is 1. The number of likely N-dealkylation sites (tertiary alicyclic amines) is 1. The van der Waals surface area contributed by atoms with Crippen LogP contribution < -0.4 is 5.43 Å². The number of hydrogen-bond acceptors (Lipinski definition) is 2. The summed E-state index contributed by atoms with van der Waals surface area (Å²) in [7, 11) is 0. The molecule has 2 aromatic rings. The van der Waals surface area contributed by atoms with E-state index in [1.54, 1.807) is 6.20 Å². The molecule has 1 unspecified atom stereocenters. The van der Waals surface area contributed by atoms with Crippen LogP contribution in [-0.2, 0) is 0 Å². The van der Waals surface area contributed by atoms with E-state index in [0.717, 1.165) is 31.5 Å². The standard InChI is InChI=1S/C19H22N2O2/c1-14-12-18(22)17(13-20-14)19(23)21-10-5-8-16(9-11-21)15-6-3-2-4-7-15/h2-4,6-7,12-13,16H,5,8-11H2,1H3,(H,20,22). The van der Waals surface area contributed by atoms with Gasteiger partial charge in [-0.3, -0.25) is 9.59 Å². The van der Waals surface area contributed by atoms with Crippen molar-refractivity contribution in [3.63, 3.8) is 0 Å². The first-order valence-electron chi connectivity index (χ1n) is 8.18. The summed E-state index contributed by atoms with van der Waals surface area (Å²) in [6.45, 7) is 3.23. The minimum Gasteiger partial charge on any atom is -0.364 e. The lowest BCUT2D eigenvalue weighted by Crippen LogP contribution is -2.35. The van der Waals surface area contributed by atoms with Crippen LogP contribution in [0, 0.1) is 6.92 Å². The van der Waals surface area contributed by atoms with E-state index in [1.165, 1.54) is 11.6 Å². The Morgan fingerprint density at radius 1 is 1.17 bits per heavy atom. The number of rotatable bonds is 2. The Labute approximate surface area is 136 Å². The van der Waals surface area contributed by atoms with Crippen LogP contribution in [0.1, 0.15) is 46.8 Å². The lowest BCUT2D eigenvalue weighted by Gasteiger charge is -2.20. The Morgan fingerprint density at radius 3 is 2.70 bits per heavy atom. The maximum absolute atomic E-state index is 12.6. The van der Waals surface area contributed by atoms with Crippen molar-refractivity contribution in [3.8, 4) is 0 Å². The average molecular weight is 310 g/mol. The van der Waals surface area contributed by atoms with Crippen molar-refractivity contribution in [1.82, 2.24) is 9.88 Å². The lowest BCUT2D eigenvalue weighted by atomic mass is 9.92. The summed E-state index contributed by atoms with van der Waals surface area (Å²) in [6.07, 6.45) is 4.53. The van der Waals surface area contributed by atoms with E-state index in [-0.39, 0.29) is 16.9 Å². The van der Waals surface area contributed by atoms with E-state index in [2.05, 4.69) is 29.2 Å². The van der Waals surface area contributed by atoms with Gasteiger partial charge in [0.25, 0.3) is 5.91 Å². The number of benzene rings is 1. The van der Waals surface area contributed by atoms with Gasteiger partial charge in [0.2, 0.25) is 0 Å². The number of hydrogen-bond donors (Lipinski definition) is 1. The smallest absolute Gasteiger partial charge is 0.259 e. The molecule has 2 heterocycles. The van der Waals surface area contributed by atoms with Gasteiger partial charge in [-0.1, -0.05) is 30.3 Å². The van der Waals surface area contributed by atoms with Gasteiger partial charge in [0.05, 0.1) is 0 Å². The molecule has 0 spiro atoms. The molecular weight excluding hydrogens is 288 g/mol. The number of amides is 1. The van der Waals surface area contributed by atoms with Crippen molar-refractivity contribution >= 4 is 5.91 Å². The third-order valence-corrected chi connectivity index (χ3v) is 4.57. The molecule has 4 nitrogen and oxygen atoms in total. The van der Waals surface area contributed by atoms with Crippen LogP contribution in [0.5, 0.6) is 0 Å². The molecule has 0 bridgehead atoms. The summed E-state index contributed by atoms with van der Waals surface area (Å²) in [5.74, 6) is 0.338. The Morgan fingerprint density at radius 2 is 1.96 bits per heavy atom. The molecule has 1 N–H and O–H groups in total. The Bertz CT molecular complexity index is 737. The van der Waals surface area contributed by atoms with Crippen LogP contribution in [0.4, 0.5) is 0 Å². The van der Waals surface area contributed by atoms with Gasteiger partial charge in [0.15, 0.2) is 5.43 Å². The van der Waals surface area contributed by atoms with Gasteiger partial charge in [-0.25, -0.2) is 0 Å². The summed E-state index contributed by atoms with van der Waals surface area (Å²) in [5, 5.41) is 0. The molecule has 1 aliphatic heterocycles. The molecule has 4 heteroatoms. The van der Waals surface area contributed by atoms with Crippen LogP contribution in [0.15, 0.2) is 47.4 Å². The third kappa shape index (κ3) is 3.52. The topological polar surface area (TPSA) is 53.2 Å². The molecule has 0 aliphatic carbocycles. The fourth-order valence-electron chi connectivity index (χ4n) is 3.27. The van der Waals surface area contributed by atoms with Gasteiger partial charge < -0.3 is 9.88 Å². The zero-order chi connectivity index (χ0) is 16.2. The van der Waals surface area contributed by atoms with Crippen LogP contribution in [0.3, 0.4) is 0 Å². The molecule has 1 fully saturated rings. The molecule has 0 saturated carbocycles. The first-order chi connectivity index (χ1) is 11.1. The second-order valence-electron chi connectivity index (χ2n) is 6.22. The molecule has 1 aliphatic rings. The van der Waals surface area contributed by atoms with E-state index in [0.29, 0.717) is 12.5 Å². The fraction of sp³-hybridized carbons (Fsp3) is 0.368. The van der Waals surface area contributed by atoms with Crippen LogP contribution in [-0.4, -0.2) is 28.9 Å². The highest BCUT2D eigenvalue weighted by atomic mass is 16.2. The molecule has 1 atom stereocenters. The largest absolute Gasteiger partial charge is 0.364 e. The van der Waals surface area contributed by atoms with Crippen molar-refractivity contribution in [2.45, 2.75) is 32.1 Å². The maximum Gasteiger partial charge on any atom is 0.259 e. The zero-order valence-electron chi connectivity index (χ0n) is 13.4. The predicted octanol–water partition coefficient (Wildman–Crippen LogP) is 3.09. The molecule has 1 amide bonds. The molecule has 1 aromatic heterocycles. The summed E-state index contributed by atoms with van der Waals surface area (Å²) < 4.78 is 0. The lowest BCUT2D eigenvalue weighted by molar-refractivity contribution is 0.0759. The fourth-order valence-corrected chi connectivity index (χ4v) is 3.27. The van der Waals surface area contributed by atoms with Gasteiger partial charge in [-0.2, -0.15) is 0 Å². The molecule has 120 valence electrons. The monoisotopic (exact) mass is 310 g/mol. The minimum absolute atomic E-state index is 0.153. The third-order valence-electron chi connectivity index (χ3n) is 4.57. The first-order valence-corrected chi connectivity index (χ1v) is 8.18. The summed E-state index contributed by atoms with van der Waals surface area (Å²) >= 11 is 0. The zero-order valence-corrected chi connectivity index (χ0v) is 13.4. The SMILES string of the molecule is Cc1cc(=O)c(C(=O)N2CCCC(c3ccccc3)CC2)c[nH]1. The Hall–Kier alpha value is -2.36. The number of nitrogens with zero attached hydrogens (tertiary/aromatic N) is 1. The second-order valence-corrected chi connectivity index (χ2v) is 6.22. The van der Waals surface area contributed by atoms with Crippen molar-refractivity contribution in [2.75, 3.05) is 13.1 Å². The molecule has 0 radical (unpaired) electrons. The number of H-pyrrole nitrogens is 1. The number of aromatic nitrogens is 1. The van der Waals surface area contributed by atoms with Gasteiger partial charge >= 0.3 is 0 Å². The van der Waals surface area contributed by atoms with E-state index in [4.69, 9.17) is 0 Å². The number of carbonyl (C=O) groups excluding carboxylic acids is 1. The van der Waals surface area contributed by atoms with E-state index < -0.39 is 0 Å². The van der Waals surface area contributed by atoms with Gasteiger partial charge in [-0.15, -0.1) is 0 Å². The maximum atomic E-state index is 12.6. The van der Waals surface area contributed by atoms with Gasteiger partial charge in [0.1, 0.15) is 5.56 Å². The highest BCUT2D eigenvalue weighted by Crippen LogP contribution is 2.28. The highest BCUT2D eigenvalue weighted by Gasteiger charge is 2.23. The van der Waals surface area contributed by atoms with Crippen LogP contribution in [0.25, 0.3) is 0 Å². The predicted molar refractivity (Wildman–Crippen MR) is 90.7 cm³/mol. The van der Waals surface area contributed by atoms with E-state index in [9.17, 15) is 9.59 Å². The van der Waals surface area contributed by atoms with E-state index in [1.807, 2.05) is 17.9 Å². The quantitative estimate of drug-likeness (QED) is 0.926. The van der Waals surface area contributed by atoms with Gasteiger partial charge in [-0.05, 0) is 37.7 Å². The number of carbonyl (C=O) groups is 1. The molecule has 1 saturated heterocycles. The normalized spacial score (nSPS) is 18.5. The number of nitrogens with one attached hydrogen (secondary N) is 1. The number of pyridine rings is 1. The van der Waals surface area contributed by atoms with Crippen LogP contribution in [0.2, 0.25) is 0 Å². The Kier molecular flexibility index (Phi) is 4.60. The molecule has 3 rings (SSSR count). The molecule has 23 heavy (non-hydrogen) atoms. The summed E-state index contributed by atoms with van der Waals surface area (Å²) in [6, 6.07) is 12.0. The summed E-state index contributed by atoms with van der Waals surface area (Å²) in [4.78, 5) is 29.4. The van der Waals surface area contributed by atoms with Crippen LogP contribution >= 0.6 is 0 Å². The van der Waals surface area contributed by atoms with Crippen molar-refractivity contribution in [1.29, 1.82) is 0 Å². The second kappa shape index (κ2) is 6.82. The van der Waals surface area contributed by atoms with Crippen molar-refractivity contribution in [2.24, 2.45) is 0 Å². The minimum atomic E-state index is -0.199. The van der Waals surface area contributed by atoms with E-state index >= 15 is 0 Å².